The summed E-state index contributed by atoms with van der Waals surface area (Å²) in [6, 6.07) is 0. The van der Waals surface area contributed by atoms with E-state index in [0.717, 1.165) is 77.0 Å². The Hall–Kier alpha value is -1.81. The van der Waals surface area contributed by atoms with E-state index in [1.54, 1.807) is 0 Å². The highest BCUT2D eigenvalue weighted by Crippen LogP contribution is 2.43. The molecule has 0 rings (SSSR count). The lowest BCUT2D eigenvalue weighted by Gasteiger charge is -2.20. The maximum absolute atomic E-state index is 12.6. The van der Waals surface area contributed by atoms with Crippen molar-refractivity contribution >= 4 is 19.8 Å². The van der Waals surface area contributed by atoms with Crippen molar-refractivity contribution in [1.29, 1.82) is 0 Å². The van der Waals surface area contributed by atoms with Crippen LogP contribution in [0.4, 0.5) is 0 Å². The molecular weight excluding hydrogens is 683 g/mol. The molecule has 0 amide bonds. The molecule has 0 aliphatic rings. The number of aliphatic hydroxyl groups is 2. The Morgan fingerprint density at radius 2 is 1.02 bits per heavy atom. The number of carbonyl (C=O) groups is 2. The number of carbonyl (C=O) groups excluding carboxylic acids is 2. The van der Waals surface area contributed by atoms with Gasteiger partial charge in [-0.1, -0.05) is 134 Å². The SMILES string of the molecule is CCCC/C=C\C/C=C\CCCCCCCC(=O)O[C@H](COC(=O)CCCCCCC/C=C\CCCCCCCC)COP(=O)(O)OC[C@@H](O)CO. The first kappa shape index (κ1) is 50.2. The zero-order valence-corrected chi connectivity index (χ0v) is 33.7. The van der Waals surface area contributed by atoms with E-state index in [4.69, 9.17) is 19.1 Å². The van der Waals surface area contributed by atoms with Crippen LogP contribution < -0.4 is 0 Å². The van der Waals surface area contributed by atoms with Crippen LogP contribution in [0.15, 0.2) is 36.5 Å². The zero-order chi connectivity index (χ0) is 38.4. The normalized spacial score (nSPS) is 14.3. The van der Waals surface area contributed by atoms with Crippen LogP contribution >= 0.6 is 7.82 Å². The van der Waals surface area contributed by atoms with Gasteiger partial charge >= 0.3 is 19.8 Å². The second-order valence-electron chi connectivity index (χ2n) is 13.7. The van der Waals surface area contributed by atoms with Gasteiger partial charge in [0.25, 0.3) is 0 Å². The van der Waals surface area contributed by atoms with E-state index in [2.05, 4.69) is 54.8 Å². The fourth-order valence-corrected chi connectivity index (χ4v) is 6.09. The maximum atomic E-state index is 12.6. The van der Waals surface area contributed by atoms with Crippen molar-refractivity contribution in [3.63, 3.8) is 0 Å². The Morgan fingerprint density at radius 1 is 0.577 bits per heavy atom. The molecule has 0 bridgehead atoms. The van der Waals surface area contributed by atoms with Crippen LogP contribution in [0.25, 0.3) is 0 Å². The Labute approximate surface area is 316 Å². The number of hydrogen-bond acceptors (Lipinski definition) is 9. The van der Waals surface area contributed by atoms with E-state index in [9.17, 15) is 24.2 Å². The van der Waals surface area contributed by atoms with Gasteiger partial charge in [0.1, 0.15) is 12.7 Å². The van der Waals surface area contributed by atoms with Gasteiger partial charge in [-0.2, -0.15) is 0 Å². The van der Waals surface area contributed by atoms with Crippen LogP contribution in [0.2, 0.25) is 0 Å². The zero-order valence-electron chi connectivity index (χ0n) is 32.8. The fourth-order valence-electron chi connectivity index (χ4n) is 5.30. The second kappa shape index (κ2) is 37.5. The van der Waals surface area contributed by atoms with Crippen LogP contribution in [0.1, 0.15) is 174 Å². The number of rotatable bonds is 38. The topological polar surface area (TPSA) is 149 Å². The number of hydrogen-bond donors (Lipinski definition) is 3. The van der Waals surface area contributed by atoms with Gasteiger partial charge in [0.05, 0.1) is 19.8 Å². The Balaban J connectivity index is 4.37. The number of unbranched alkanes of at least 4 members (excludes halogenated alkanes) is 18. The quantitative estimate of drug-likeness (QED) is 0.0240. The van der Waals surface area contributed by atoms with E-state index in [1.165, 1.54) is 57.8 Å². The van der Waals surface area contributed by atoms with Gasteiger partial charge in [0.15, 0.2) is 6.10 Å². The van der Waals surface area contributed by atoms with Crippen LogP contribution in [0, 0.1) is 0 Å². The Morgan fingerprint density at radius 3 is 1.56 bits per heavy atom. The minimum Gasteiger partial charge on any atom is -0.462 e. The summed E-state index contributed by atoms with van der Waals surface area (Å²) in [6.45, 7) is 2.30. The lowest BCUT2D eigenvalue weighted by atomic mass is 10.1. The highest BCUT2D eigenvalue weighted by molar-refractivity contribution is 7.47. The number of aliphatic hydroxyl groups excluding tert-OH is 2. The number of phosphoric ester groups is 1. The first-order valence-electron chi connectivity index (χ1n) is 20.4. The third kappa shape index (κ3) is 36.5. The number of allylic oxidation sites excluding steroid dienone is 6. The molecule has 0 spiro atoms. The molecule has 11 heteroatoms. The van der Waals surface area contributed by atoms with Gasteiger partial charge in [0, 0.05) is 12.8 Å². The molecule has 0 aromatic rings. The molecule has 1 unspecified atom stereocenters. The molecule has 3 N–H and O–H groups in total. The van der Waals surface area contributed by atoms with Crippen molar-refractivity contribution in [3.05, 3.63) is 36.5 Å². The first-order valence-corrected chi connectivity index (χ1v) is 21.9. The lowest BCUT2D eigenvalue weighted by Crippen LogP contribution is -2.29. The van der Waals surface area contributed by atoms with Gasteiger partial charge in [-0.15, -0.1) is 0 Å². The molecule has 52 heavy (non-hydrogen) atoms. The van der Waals surface area contributed by atoms with Gasteiger partial charge in [-0.05, 0) is 64.2 Å². The molecule has 304 valence electrons. The standard InChI is InChI=1S/C41H75O10P/c1-3-5-7-9-11-13-15-17-19-21-22-24-26-28-30-32-40(44)48-36-39(37-50-52(46,47)49-35-38(43)34-42)51-41(45)33-31-29-27-25-23-20-18-16-14-12-10-8-6-4-2/h10,12,16-19,38-39,42-43H,3-9,11,13-15,20-37H2,1-2H3,(H,46,47)/b12-10-,18-16-,19-17-/t38-,39+/m0/s1. The summed E-state index contributed by atoms with van der Waals surface area (Å²) in [5.74, 6) is -0.951. The average Bonchev–Trinajstić information content (AvgIpc) is 3.13. The van der Waals surface area contributed by atoms with Crippen molar-refractivity contribution < 1.29 is 47.8 Å². The number of ether oxygens (including phenoxy) is 2. The summed E-state index contributed by atoms with van der Waals surface area (Å²) in [6.07, 6.45) is 36.8. The minimum absolute atomic E-state index is 0.166. The van der Waals surface area contributed by atoms with Crippen molar-refractivity contribution in [2.24, 2.45) is 0 Å². The molecule has 0 fully saturated rings. The van der Waals surface area contributed by atoms with Gasteiger partial charge in [-0.25, -0.2) is 4.57 Å². The monoisotopic (exact) mass is 759 g/mol. The third-order valence-corrected chi connectivity index (χ3v) is 9.47. The van der Waals surface area contributed by atoms with Gasteiger partial charge in [-0.3, -0.25) is 18.6 Å². The van der Waals surface area contributed by atoms with Crippen molar-refractivity contribution in [3.8, 4) is 0 Å². The largest absolute Gasteiger partial charge is 0.472 e. The molecule has 0 radical (unpaired) electrons. The molecule has 3 atom stereocenters. The summed E-state index contributed by atoms with van der Waals surface area (Å²) in [5, 5.41) is 18.3. The van der Waals surface area contributed by atoms with Crippen molar-refractivity contribution in [2.45, 2.75) is 187 Å². The molecule has 0 aliphatic heterocycles. The molecule has 0 saturated carbocycles. The third-order valence-electron chi connectivity index (χ3n) is 8.52. The molecule has 0 aliphatic carbocycles. The average molecular weight is 759 g/mol. The second-order valence-corrected chi connectivity index (χ2v) is 15.1. The Bertz CT molecular complexity index is 967. The van der Waals surface area contributed by atoms with E-state index < -0.39 is 51.8 Å². The van der Waals surface area contributed by atoms with E-state index in [0.29, 0.717) is 12.8 Å². The molecular formula is C41H75O10P. The highest BCUT2D eigenvalue weighted by atomic mass is 31.2. The smallest absolute Gasteiger partial charge is 0.462 e. The number of esters is 2. The van der Waals surface area contributed by atoms with Crippen LogP contribution in [-0.2, 0) is 32.7 Å². The van der Waals surface area contributed by atoms with E-state index >= 15 is 0 Å². The maximum Gasteiger partial charge on any atom is 0.472 e. The fraction of sp³-hybridized carbons (Fsp3) is 0.805. The van der Waals surface area contributed by atoms with E-state index in [-0.39, 0.29) is 19.4 Å². The predicted octanol–water partition coefficient (Wildman–Crippen LogP) is 10.4. The summed E-state index contributed by atoms with van der Waals surface area (Å²) in [7, 11) is -4.62. The van der Waals surface area contributed by atoms with Crippen LogP contribution in [-0.4, -0.2) is 65.7 Å². The molecule has 10 nitrogen and oxygen atoms in total. The lowest BCUT2D eigenvalue weighted by molar-refractivity contribution is -0.161. The minimum atomic E-state index is -4.62. The summed E-state index contributed by atoms with van der Waals surface area (Å²) in [4.78, 5) is 34.9. The van der Waals surface area contributed by atoms with Crippen molar-refractivity contribution in [1.82, 2.24) is 0 Å². The summed E-state index contributed by atoms with van der Waals surface area (Å²) >= 11 is 0. The summed E-state index contributed by atoms with van der Waals surface area (Å²) < 4.78 is 32.6. The van der Waals surface area contributed by atoms with Crippen LogP contribution in [0.5, 0.6) is 0 Å². The molecule has 0 aromatic carbocycles. The predicted molar refractivity (Wildman–Crippen MR) is 210 cm³/mol. The van der Waals surface area contributed by atoms with Crippen molar-refractivity contribution in [2.75, 3.05) is 26.4 Å². The highest BCUT2D eigenvalue weighted by Gasteiger charge is 2.27. The molecule has 0 heterocycles. The number of phosphoric acid groups is 1. The van der Waals surface area contributed by atoms with Gasteiger partial charge < -0.3 is 24.6 Å². The molecule has 0 saturated heterocycles. The van der Waals surface area contributed by atoms with E-state index in [1.807, 2.05) is 0 Å². The first-order chi connectivity index (χ1) is 25.2. The summed E-state index contributed by atoms with van der Waals surface area (Å²) in [5.41, 5.74) is 0. The molecule has 0 aromatic heterocycles. The van der Waals surface area contributed by atoms with Crippen LogP contribution in [0.3, 0.4) is 0 Å². The van der Waals surface area contributed by atoms with Gasteiger partial charge in [0.2, 0.25) is 0 Å². The Kier molecular flexibility index (Phi) is 36.2.